The molecule has 0 aliphatic heterocycles. The van der Waals surface area contributed by atoms with Gasteiger partial charge in [0.25, 0.3) is 0 Å². The van der Waals surface area contributed by atoms with Crippen LogP contribution >= 0.6 is 12.4 Å². The highest BCUT2D eigenvalue weighted by Crippen LogP contribution is 2.21. The fourth-order valence-electron chi connectivity index (χ4n) is 3.23. The van der Waals surface area contributed by atoms with Crippen molar-refractivity contribution in [1.82, 2.24) is 4.31 Å². The molecular weight excluding hydrogens is 490 g/mol. The first-order chi connectivity index (χ1) is 16.3. The Labute approximate surface area is 211 Å². The van der Waals surface area contributed by atoms with Gasteiger partial charge in [-0.3, -0.25) is 5.41 Å². The quantitative estimate of drug-likeness (QED) is 0.228. The molecule has 3 aromatic rings. The number of nitrogens with two attached hydrogens (primary N) is 1. The van der Waals surface area contributed by atoms with Crippen LogP contribution in [0.2, 0.25) is 0 Å². The largest absolute Gasteiger partial charge is 0.482 e. The Morgan fingerprint density at radius 1 is 0.943 bits per heavy atom. The SMILES string of the molecule is COC(=O)COc1ccc(CCN(Cc2ccccc2)S(=O)(=O)c2ccc(C(=N)N)cc2)cc1.Cl. The zero-order valence-electron chi connectivity index (χ0n) is 19.2. The van der Waals surface area contributed by atoms with Crippen LogP contribution in [0.5, 0.6) is 5.75 Å². The number of ether oxygens (including phenoxy) is 2. The molecule has 0 saturated heterocycles. The van der Waals surface area contributed by atoms with E-state index >= 15 is 0 Å². The van der Waals surface area contributed by atoms with Crippen molar-refractivity contribution >= 4 is 34.2 Å². The third-order valence-corrected chi connectivity index (χ3v) is 7.02. The third-order valence-electron chi connectivity index (χ3n) is 5.16. The summed E-state index contributed by atoms with van der Waals surface area (Å²) in [5.74, 6) is -0.0697. The van der Waals surface area contributed by atoms with Gasteiger partial charge in [-0.05, 0) is 53.9 Å². The summed E-state index contributed by atoms with van der Waals surface area (Å²) in [6.07, 6.45) is 0.481. The van der Waals surface area contributed by atoms with Crippen molar-refractivity contribution in [2.24, 2.45) is 5.73 Å². The standard InChI is InChI=1S/C25H27N3O5S.ClH/c1-32-24(29)18-33-22-11-7-19(8-12-22)15-16-28(17-20-5-3-2-4-6-20)34(30,31)23-13-9-21(10-14-23)25(26)27;/h2-14H,15-18H2,1H3,(H3,26,27);1H. The summed E-state index contributed by atoms with van der Waals surface area (Å²) in [7, 11) is -2.50. The van der Waals surface area contributed by atoms with Crippen LogP contribution in [-0.4, -0.2) is 44.8 Å². The first-order valence-corrected chi connectivity index (χ1v) is 12.0. The number of nitrogens with one attached hydrogen (secondary N) is 1. The molecule has 0 amide bonds. The normalized spacial score (nSPS) is 10.9. The van der Waals surface area contributed by atoms with E-state index < -0.39 is 16.0 Å². The topological polar surface area (TPSA) is 123 Å². The molecule has 0 radical (unpaired) electrons. The summed E-state index contributed by atoms with van der Waals surface area (Å²) in [6, 6.07) is 22.5. The fourth-order valence-corrected chi connectivity index (χ4v) is 4.66. The number of methoxy groups -OCH3 is 1. The van der Waals surface area contributed by atoms with Crippen molar-refractivity contribution < 1.29 is 22.7 Å². The monoisotopic (exact) mass is 517 g/mol. The van der Waals surface area contributed by atoms with Crippen molar-refractivity contribution in [3.63, 3.8) is 0 Å². The van der Waals surface area contributed by atoms with Gasteiger partial charge in [0.05, 0.1) is 12.0 Å². The number of hydrogen-bond acceptors (Lipinski definition) is 6. The van der Waals surface area contributed by atoms with E-state index in [9.17, 15) is 13.2 Å². The van der Waals surface area contributed by atoms with Gasteiger partial charge in [0.2, 0.25) is 10.0 Å². The molecule has 8 nitrogen and oxygen atoms in total. The van der Waals surface area contributed by atoms with Crippen LogP contribution in [0.1, 0.15) is 16.7 Å². The van der Waals surface area contributed by atoms with E-state index in [2.05, 4.69) is 4.74 Å². The molecule has 0 fully saturated rings. The van der Waals surface area contributed by atoms with E-state index in [0.717, 1.165) is 11.1 Å². The number of halogens is 1. The maximum absolute atomic E-state index is 13.4. The lowest BCUT2D eigenvalue weighted by Gasteiger charge is -2.23. The molecule has 0 unspecified atom stereocenters. The van der Waals surface area contributed by atoms with E-state index in [-0.39, 0.29) is 42.8 Å². The number of hydrogen-bond donors (Lipinski definition) is 2. The Balaban J connectivity index is 0.00000432. The fraction of sp³-hybridized carbons (Fsp3) is 0.200. The number of nitrogen functional groups attached to an aromatic ring is 1. The smallest absolute Gasteiger partial charge is 0.343 e. The van der Waals surface area contributed by atoms with Crippen LogP contribution in [0.25, 0.3) is 0 Å². The third kappa shape index (κ3) is 7.81. The van der Waals surface area contributed by atoms with Crippen LogP contribution in [0.3, 0.4) is 0 Å². The number of esters is 1. The minimum atomic E-state index is -3.80. The molecule has 0 spiro atoms. The van der Waals surface area contributed by atoms with Crippen LogP contribution in [-0.2, 0) is 32.5 Å². The average Bonchev–Trinajstić information content (AvgIpc) is 2.86. The van der Waals surface area contributed by atoms with Crippen molar-refractivity contribution in [1.29, 1.82) is 5.41 Å². The van der Waals surface area contributed by atoms with Gasteiger partial charge < -0.3 is 15.2 Å². The first kappa shape index (κ1) is 27.8. The number of sulfonamides is 1. The molecule has 0 atom stereocenters. The van der Waals surface area contributed by atoms with Crippen molar-refractivity contribution in [2.45, 2.75) is 17.9 Å². The molecule has 186 valence electrons. The maximum atomic E-state index is 13.4. The molecule has 3 rings (SSSR count). The number of amidine groups is 1. The van der Waals surface area contributed by atoms with Crippen LogP contribution < -0.4 is 10.5 Å². The summed E-state index contributed by atoms with van der Waals surface area (Å²) in [4.78, 5) is 11.4. The maximum Gasteiger partial charge on any atom is 0.343 e. The van der Waals surface area contributed by atoms with Crippen molar-refractivity contribution in [3.05, 3.63) is 95.6 Å². The molecule has 3 aromatic carbocycles. The summed E-state index contributed by atoms with van der Waals surface area (Å²) >= 11 is 0. The highest BCUT2D eigenvalue weighted by Gasteiger charge is 2.24. The number of nitrogens with zero attached hydrogens (tertiary/aromatic N) is 1. The van der Waals surface area contributed by atoms with E-state index in [1.165, 1.54) is 35.7 Å². The number of benzene rings is 3. The Morgan fingerprint density at radius 2 is 1.57 bits per heavy atom. The van der Waals surface area contributed by atoms with E-state index in [1.807, 2.05) is 42.5 Å². The van der Waals surface area contributed by atoms with Gasteiger partial charge in [-0.2, -0.15) is 4.31 Å². The molecule has 3 N–H and O–H groups in total. The Bertz CT molecular complexity index is 1220. The van der Waals surface area contributed by atoms with Gasteiger partial charge in [-0.1, -0.05) is 42.5 Å². The number of rotatable bonds is 11. The van der Waals surface area contributed by atoms with Gasteiger partial charge in [-0.15, -0.1) is 12.4 Å². The second-order valence-corrected chi connectivity index (χ2v) is 9.46. The van der Waals surface area contributed by atoms with E-state index in [1.54, 1.807) is 12.1 Å². The Morgan fingerprint density at radius 3 is 2.14 bits per heavy atom. The van der Waals surface area contributed by atoms with Crippen LogP contribution in [0.4, 0.5) is 0 Å². The lowest BCUT2D eigenvalue weighted by molar-refractivity contribution is -0.142. The number of carbonyl (C=O) groups is 1. The molecular formula is C25H28ClN3O5S. The molecule has 0 bridgehead atoms. The minimum absolute atomic E-state index is 0. The predicted molar refractivity (Wildman–Crippen MR) is 136 cm³/mol. The zero-order chi connectivity index (χ0) is 24.6. The molecule has 0 saturated carbocycles. The van der Waals surface area contributed by atoms with Gasteiger partial charge in [0.15, 0.2) is 6.61 Å². The lowest BCUT2D eigenvalue weighted by Crippen LogP contribution is -2.32. The van der Waals surface area contributed by atoms with Crippen molar-refractivity contribution in [2.75, 3.05) is 20.3 Å². The zero-order valence-corrected chi connectivity index (χ0v) is 20.8. The second kappa shape index (κ2) is 12.9. The Kier molecular flexibility index (Phi) is 10.3. The van der Waals surface area contributed by atoms with Crippen LogP contribution in [0.15, 0.2) is 83.8 Å². The van der Waals surface area contributed by atoms with Gasteiger partial charge >= 0.3 is 5.97 Å². The van der Waals surface area contributed by atoms with E-state index in [0.29, 0.717) is 17.7 Å². The molecule has 0 aliphatic rings. The molecule has 10 heteroatoms. The summed E-state index contributed by atoms with van der Waals surface area (Å²) in [5.41, 5.74) is 7.75. The first-order valence-electron chi connectivity index (χ1n) is 10.6. The van der Waals surface area contributed by atoms with Crippen molar-refractivity contribution in [3.8, 4) is 5.75 Å². The van der Waals surface area contributed by atoms with E-state index in [4.69, 9.17) is 15.9 Å². The van der Waals surface area contributed by atoms with Gasteiger partial charge in [-0.25, -0.2) is 13.2 Å². The molecule has 0 aliphatic carbocycles. The molecule has 35 heavy (non-hydrogen) atoms. The summed E-state index contributed by atoms with van der Waals surface area (Å²) in [6.45, 7) is 0.299. The summed E-state index contributed by atoms with van der Waals surface area (Å²) < 4.78 is 38.2. The van der Waals surface area contributed by atoms with Crippen LogP contribution in [0, 0.1) is 5.41 Å². The highest BCUT2D eigenvalue weighted by atomic mass is 35.5. The van der Waals surface area contributed by atoms with Gasteiger partial charge in [0, 0.05) is 18.7 Å². The Hall–Kier alpha value is -3.40. The average molecular weight is 518 g/mol. The summed E-state index contributed by atoms with van der Waals surface area (Å²) in [5, 5.41) is 7.51. The second-order valence-electron chi connectivity index (χ2n) is 7.52. The minimum Gasteiger partial charge on any atom is -0.482 e. The molecule has 0 heterocycles. The molecule has 0 aromatic heterocycles. The highest BCUT2D eigenvalue weighted by molar-refractivity contribution is 7.89. The van der Waals surface area contributed by atoms with Gasteiger partial charge in [0.1, 0.15) is 11.6 Å². The lowest BCUT2D eigenvalue weighted by atomic mass is 10.1. The predicted octanol–water partition coefficient (Wildman–Crippen LogP) is 3.38. The number of carbonyl (C=O) groups excluding carboxylic acids is 1.